The summed E-state index contributed by atoms with van der Waals surface area (Å²) in [7, 11) is 1.89. The highest BCUT2D eigenvalue weighted by atomic mass is 16.3. The fourth-order valence-electron chi connectivity index (χ4n) is 2.25. The number of rotatable bonds is 5. The number of carbonyl (C=O) groups excluding carboxylic acids is 1. The smallest absolute Gasteiger partial charge is 0.180 e. The summed E-state index contributed by atoms with van der Waals surface area (Å²) in [5.74, 6) is 0.890. The van der Waals surface area contributed by atoms with E-state index in [-0.39, 0.29) is 5.78 Å². The summed E-state index contributed by atoms with van der Waals surface area (Å²) in [4.78, 5) is 14.2. The van der Waals surface area contributed by atoms with Crippen molar-refractivity contribution in [3.05, 3.63) is 60.2 Å². The van der Waals surface area contributed by atoms with Crippen LogP contribution in [-0.2, 0) is 6.54 Å². The summed E-state index contributed by atoms with van der Waals surface area (Å²) in [6.07, 6.45) is 3.17. The lowest BCUT2D eigenvalue weighted by Crippen LogP contribution is -2.25. The Labute approximate surface area is 116 Å². The van der Waals surface area contributed by atoms with Gasteiger partial charge in [0.25, 0.3) is 0 Å². The van der Waals surface area contributed by atoms with Crippen LogP contribution in [0.15, 0.2) is 57.8 Å². The standard InChI is InChI=1S/C16H15NO3/c1-17(9-12-5-4-8-19-12)10-15(18)14-11-20-16-7-3-2-6-13(14)16/h2-8,11H,9-10H2,1H3. The Morgan fingerprint density at radius 3 is 2.80 bits per heavy atom. The second kappa shape index (κ2) is 5.35. The molecule has 3 aromatic rings. The molecule has 102 valence electrons. The zero-order valence-electron chi connectivity index (χ0n) is 11.2. The molecule has 0 atom stereocenters. The number of para-hydroxylation sites is 1. The molecule has 3 rings (SSSR count). The maximum Gasteiger partial charge on any atom is 0.180 e. The molecule has 0 amide bonds. The monoisotopic (exact) mass is 269 g/mol. The van der Waals surface area contributed by atoms with E-state index in [4.69, 9.17) is 8.83 Å². The molecule has 0 N–H and O–H groups in total. The summed E-state index contributed by atoms with van der Waals surface area (Å²) in [5, 5.41) is 0.865. The van der Waals surface area contributed by atoms with Crippen molar-refractivity contribution in [2.24, 2.45) is 0 Å². The van der Waals surface area contributed by atoms with Gasteiger partial charge >= 0.3 is 0 Å². The van der Waals surface area contributed by atoms with Gasteiger partial charge in [-0.05, 0) is 25.2 Å². The van der Waals surface area contributed by atoms with Gasteiger partial charge in [-0.1, -0.05) is 18.2 Å². The van der Waals surface area contributed by atoms with Gasteiger partial charge in [0.15, 0.2) is 5.78 Å². The van der Waals surface area contributed by atoms with Crippen molar-refractivity contribution in [1.82, 2.24) is 4.90 Å². The molecule has 0 bridgehead atoms. The van der Waals surface area contributed by atoms with Crippen LogP contribution in [0.2, 0.25) is 0 Å². The Morgan fingerprint density at radius 1 is 1.15 bits per heavy atom. The number of fused-ring (bicyclic) bond motifs is 1. The number of Topliss-reactive ketones (excluding diaryl/α,β-unsaturated/α-hetero) is 1. The first-order valence-corrected chi connectivity index (χ1v) is 6.44. The number of benzene rings is 1. The minimum absolute atomic E-state index is 0.0454. The number of hydrogen-bond donors (Lipinski definition) is 0. The van der Waals surface area contributed by atoms with Crippen LogP contribution in [-0.4, -0.2) is 24.3 Å². The zero-order valence-corrected chi connectivity index (χ0v) is 11.2. The minimum atomic E-state index is 0.0454. The van der Waals surface area contributed by atoms with E-state index in [0.29, 0.717) is 18.7 Å². The van der Waals surface area contributed by atoms with Crippen molar-refractivity contribution < 1.29 is 13.6 Å². The summed E-state index contributed by atoms with van der Waals surface area (Å²) in [5.41, 5.74) is 1.37. The van der Waals surface area contributed by atoms with Gasteiger partial charge in [-0.2, -0.15) is 0 Å². The van der Waals surface area contributed by atoms with Crippen LogP contribution >= 0.6 is 0 Å². The van der Waals surface area contributed by atoms with Gasteiger partial charge in [-0.15, -0.1) is 0 Å². The largest absolute Gasteiger partial charge is 0.468 e. The van der Waals surface area contributed by atoms with Crippen LogP contribution in [0.1, 0.15) is 16.1 Å². The molecule has 20 heavy (non-hydrogen) atoms. The van der Waals surface area contributed by atoms with E-state index in [9.17, 15) is 4.79 Å². The fraction of sp³-hybridized carbons (Fsp3) is 0.188. The number of likely N-dealkylation sites (N-methyl/N-ethyl adjacent to an activating group) is 1. The van der Waals surface area contributed by atoms with Gasteiger partial charge in [-0.3, -0.25) is 9.69 Å². The predicted octanol–water partition coefficient (Wildman–Crippen LogP) is 3.34. The predicted molar refractivity (Wildman–Crippen MR) is 75.6 cm³/mol. The lowest BCUT2D eigenvalue weighted by atomic mass is 10.1. The zero-order chi connectivity index (χ0) is 13.9. The van der Waals surface area contributed by atoms with Crippen LogP contribution in [0.5, 0.6) is 0 Å². The first-order valence-electron chi connectivity index (χ1n) is 6.44. The molecule has 0 spiro atoms. The Morgan fingerprint density at radius 2 is 2.00 bits per heavy atom. The normalized spacial score (nSPS) is 11.3. The highest BCUT2D eigenvalue weighted by molar-refractivity contribution is 6.08. The van der Waals surface area contributed by atoms with Gasteiger partial charge in [-0.25, -0.2) is 0 Å². The molecule has 0 unspecified atom stereocenters. The molecule has 0 aliphatic rings. The molecule has 0 saturated heterocycles. The van der Waals surface area contributed by atoms with Crippen molar-refractivity contribution in [1.29, 1.82) is 0 Å². The first kappa shape index (κ1) is 12.7. The van der Waals surface area contributed by atoms with E-state index in [0.717, 1.165) is 16.7 Å². The second-order valence-electron chi connectivity index (χ2n) is 4.82. The summed E-state index contributed by atoms with van der Waals surface area (Å²) < 4.78 is 10.7. The van der Waals surface area contributed by atoms with Gasteiger partial charge in [0.2, 0.25) is 0 Å². The molecular formula is C16H15NO3. The van der Waals surface area contributed by atoms with Gasteiger partial charge in [0.05, 0.1) is 24.9 Å². The SMILES string of the molecule is CN(CC(=O)c1coc2ccccc12)Cc1ccco1. The topological polar surface area (TPSA) is 46.6 Å². The van der Waals surface area contributed by atoms with Crippen molar-refractivity contribution in [2.75, 3.05) is 13.6 Å². The van der Waals surface area contributed by atoms with E-state index in [1.54, 1.807) is 6.26 Å². The highest BCUT2D eigenvalue weighted by Crippen LogP contribution is 2.21. The third kappa shape index (κ3) is 2.51. The lowest BCUT2D eigenvalue weighted by molar-refractivity contribution is 0.0940. The van der Waals surface area contributed by atoms with Crippen molar-refractivity contribution in [3.8, 4) is 0 Å². The van der Waals surface area contributed by atoms with Crippen LogP contribution in [0.3, 0.4) is 0 Å². The Kier molecular flexibility index (Phi) is 3.39. The molecule has 0 fully saturated rings. The van der Waals surface area contributed by atoms with Crippen molar-refractivity contribution >= 4 is 16.8 Å². The molecule has 2 heterocycles. The molecule has 0 radical (unpaired) electrons. The van der Waals surface area contributed by atoms with Crippen molar-refractivity contribution in [2.45, 2.75) is 6.54 Å². The molecule has 0 saturated carbocycles. The van der Waals surface area contributed by atoms with E-state index in [1.807, 2.05) is 48.3 Å². The molecule has 1 aromatic carbocycles. The van der Waals surface area contributed by atoms with E-state index in [1.165, 1.54) is 6.26 Å². The van der Waals surface area contributed by atoms with E-state index in [2.05, 4.69) is 0 Å². The molecule has 2 aromatic heterocycles. The van der Waals surface area contributed by atoms with Crippen LogP contribution < -0.4 is 0 Å². The van der Waals surface area contributed by atoms with Crippen molar-refractivity contribution in [3.63, 3.8) is 0 Å². The lowest BCUT2D eigenvalue weighted by Gasteiger charge is -2.13. The Hall–Kier alpha value is -2.33. The molecule has 4 nitrogen and oxygen atoms in total. The van der Waals surface area contributed by atoms with Crippen LogP contribution in [0.4, 0.5) is 0 Å². The molecular weight excluding hydrogens is 254 g/mol. The maximum atomic E-state index is 12.3. The number of hydrogen-bond acceptors (Lipinski definition) is 4. The molecule has 0 aliphatic carbocycles. The highest BCUT2D eigenvalue weighted by Gasteiger charge is 2.15. The third-order valence-electron chi connectivity index (χ3n) is 3.20. The van der Waals surface area contributed by atoms with Gasteiger partial charge < -0.3 is 8.83 Å². The average Bonchev–Trinajstić information content (AvgIpc) is 3.07. The van der Waals surface area contributed by atoms with Crippen LogP contribution in [0.25, 0.3) is 11.0 Å². The second-order valence-corrected chi connectivity index (χ2v) is 4.82. The maximum absolute atomic E-state index is 12.3. The summed E-state index contributed by atoms with van der Waals surface area (Å²) in [6, 6.07) is 11.3. The summed E-state index contributed by atoms with van der Waals surface area (Å²) in [6.45, 7) is 0.929. The molecule has 4 heteroatoms. The van der Waals surface area contributed by atoms with Gasteiger partial charge in [0.1, 0.15) is 17.6 Å². The van der Waals surface area contributed by atoms with E-state index >= 15 is 0 Å². The number of nitrogens with zero attached hydrogens (tertiary/aromatic N) is 1. The average molecular weight is 269 g/mol. The first-order chi connectivity index (χ1) is 9.74. The number of furan rings is 2. The van der Waals surface area contributed by atoms with Gasteiger partial charge in [0, 0.05) is 5.39 Å². The Balaban J connectivity index is 1.73. The third-order valence-corrected chi connectivity index (χ3v) is 3.20. The Bertz CT molecular complexity index is 712. The number of ketones is 1. The minimum Gasteiger partial charge on any atom is -0.468 e. The quantitative estimate of drug-likeness (QED) is 0.666. The number of carbonyl (C=O) groups is 1. The van der Waals surface area contributed by atoms with E-state index < -0.39 is 0 Å². The van der Waals surface area contributed by atoms with Crippen LogP contribution in [0, 0.1) is 0 Å². The fourth-order valence-corrected chi connectivity index (χ4v) is 2.25. The molecule has 0 aliphatic heterocycles. The summed E-state index contributed by atoms with van der Waals surface area (Å²) >= 11 is 0.